The van der Waals surface area contributed by atoms with Crippen molar-refractivity contribution in [2.45, 2.75) is 19.9 Å². The molecule has 2 aromatic carbocycles. The van der Waals surface area contributed by atoms with Crippen molar-refractivity contribution in [2.75, 3.05) is 5.32 Å². The van der Waals surface area contributed by atoms with E-state index < -0.39 is 18.0 Å². The zero-order chi connectivity index (χ0) is 16.1. The minimum atomic E-state index is -1.25. The van der Waals surface area contributed by atoms with E-state index in [-0.39, 0.29) is 0 Å². The van der Waals surface area contributed by atoms with Crippen LogP contribution in [0.5, 0.6) is 0 Å². The molecule has 114 valence electrons. The smallest absolute Gasteiger partial charge is 0.405 e. The summed E-state index contributed by atoms with van der Waals surface area (Å²) >= 11 is 0. The molecule has 2 aromatic rings. The van der Waals surface area contributed by atoms with Crippen molar-refractivity contribution in [2.24, 2.45) is 0 Å². The molecule has 0 aromatic heterocycles. The van der Waals surface area contributed by atoms with Crippen molar-refractivity contribution in [1.82, 2.24) is 5.32 Å². The lowest BCUT2D eigenvalue weighted by atomic mass is 10.1. The van der Waals surface area contributed by atoms with Crippen LogP contribution in [0.2, 0.25) is 0 Å². The van der Waals surface area contributed by atoms with Crippen molar-refractivity contribution in [1.29, 1.82) is 0 Å². The van der Waals surface area contributed by atoms with Gasteiger partial charge < -0.3 is 15.7 Å². The summed E-state index contributed by atoms with van der Waals surface area (Å²) in [5.41, 5.74) is 3.20. The van der Waals surface area contributed by atoms with Crippen molar-refractivity contribution in [3.05, 3.63) is 65.2 Å². The summed E-state index contributed by atoms with van der Waals surface area (Å²) in [5.74, 6) is -0.415. The lowest BCUT2D eigenvalue weighted by Crippen LogP contribution is -2.36. The highest BCUT2D eigenvalue weighted by molar-refractivity contribution is 5.97. The first kappa shape index (κ1) is 15.6. The predicted molar refractivity (Wildman–Crippen MR) is 84.9 cm³/mol. The minimum absolute atomic E-state index is 0.415. The fraction of sp³-hybridized carbons (Fsp3) is 0.176. The van der Waals surface area contributed by atoms with Crippen molar-refractivity contribution in [3.63, 3.8) is 0 Å². The maximum absolute atomic E-state index is 12.5. The van der Waals surface area contributed by atoms with E-state index in [0.717, 1.165) is 11.1 Å². The average Bonchev–Trinajstić information content (AvgIpc) is 2.49. The summed E-state index contributed by atoms with van der Waals surface area (Å²) in [6.45, 7) is 3.82. The van der Waals surface area contributed by atoms with E-state index in [0.29, 0.717) is 11.3 Å². The number of aryl methyl sites for hydroxylation is 2. The van der Waals surface area contributed by atoms with E-state index in [1.54, 1.807) is 24.3 Å². The first-order valence-corrected chi connectivity index (χ1v) is 6.90. The largest absolute Gasteiger partial charge is 0.465 e. The minimum Gasteiger partial charge on any atom is -0.465 e. The summed E-state index contributed by atoms with van der Waals surface area (Å²) in [6.07, 6.45) is -1.25. The van der Waals surface area contributed by atoms with Gasteiger partial charge in [-0.1, -0.05) is 42.5 Å². The van der Waals surface area contributed by atoms with Crippen LogP contribution in [-0.2, 0) is 4.79 Å². The fourth-order valence-electron chi connectivity index (χ4n) is 2.14. The number of amides is 2. The van der Waals surface area contributed by atoms with Gasteiger partial charge in [0.05, 0.1) is 0 Å². The van der Waals surface area contributed by atoms with Crippen LogP contribution in [0.25, 0.3) is 0 Å². The molecule has 0 fully saturated rings. The Balaban J connectivity index is 2.26. The van der Waals surface area contributed by atoms with Crippen molar-refractivity contribution >= 4 is 17.7 Å². The Morgan fingerprint density at radius 1 is 1.05 bits per heavy atom. The Bertz CT molecular complexity index is 684. The van der Waals surface area contributed by atoms with Crippen LogP contribution in [-0.4, -0.2) is 17.1 Å². The molecule has 1 atom stereocenters. The molecular weight excluding hydrogens is 280 g/mol. The Morgan fingerprint density at radius 3 is 2.36 bits per heavy atom. The number of hydrogen-bond donors (Lipinski definition) is 3. The van der Waals surface area contributed by atoms with Crippen LogP contribution in [0.1, 0.15) is 22.7 Å². The highest BCUT2D eigenvalue weighted by Gasteiger charge is 2.22. The Morgan fingerprint density at radius 2 is 1.73 bits per heavy atom. The second kappa shape index (κ2) is 6.76. The topological polar surface area (TPSA) is 78.4 Å². The van der Waals surface area contributed by atoms with Crippen LogP contribution in [0.4, 0.5) is 10.5 Å². The summed E-state index contributed by atoms with van der Waals surface area (Å²) in [5, 5.41) is 14.0. The van der Waals surface area contributed by atoms with E-state index in [4.69, 9.17) is 5.11 Å². The third-order valence-corrected chi connectivity index (χ3v) is 3.31. The Labute approximate surface area is 129 Å². The molecule has 0 bridgehead atoms. The quantitative estimate of drug-likeness (QED) is 0.810. The molecule has 0 saturated heterocycles. The average molecular weight is 298 g/mol. The highest BCUT2D eigenvalue weighted by Crippen LogP contribution is 2.20. The number of anilines is 1. The number of rotatable bonds is 4. The van der Waals surface area contributed by atoms with E-state index in [2.05, 4.69) is 10.6 Å². The maximum atomic E-state index is 12.5. The van der Waals surface area contributed by atoms with Crippen LogP contribution >= 0.6 is 0 Å². The molecule has 0 aliphatic carbocycles. The maximum Gasteiger partial charge on any atom is 0.405 e. The van der Waals surface area contributed by atoms with Gasteiger partial charge in [0, 0.05) is 5.69 Å². The van der Waals surface area contributed by atoms with E-state index in [1.165, 1.54) is 0 Å². The number of carbonyl (C=O) groups excluding carboxylic acids is 1. The van der Waals surface area contributed by atoms with Gasteiger partial charge in [-0.3, -0.25) is 4.79 Å². The third-order valence-electron chi connectivity index (χ3n) is 3.31. The first-order chi connectivity index (χ1) is 10.5. The van der Waals surface area contributed by atoms with Gasteiger partial charge in [-0.05, 0) is 36.6 Å². The summed E-state index contributed by atoms with van der Waals surface area (Å²) in [4.78, 5) is 23.4. The van der Waals surface area contributed by atoms with Gasteiger partial charge in [-0.2, -0.15) is 0 Å². The normalized spacial score (nSPS) is 11.5. The number of hydrogen-bond acceptors (Lipinski definition) is 2. The molecule has 0 aliphatic heterocycles. The molecule has 0 spiro atoms. The van der Waals surface area contributed by atoms with Gasteiger partial charge in [-0.15, -0.1) is 0 Å². The molecule has 0 radical (unpaired) electrons. The Hall–Kier alpha value is -2.82. The summed E-state index contributed by atoms with van der Waals surface area (Å²) < 4.78 is 0. The second-order valence-corrected chi connectivity index (χ2v) is 5.10. The zero-order valence-corrected chi connectivity index (χ0v) is 12.5. The number of carboxylic acid groups (broad SMARTS) is 1. The van der Waals surface area contributed by atoms with Crippen LogP contribution < -0.4 is 10.6 Å². The molecule has 2 rings (SSSR count). The number of benzene rings is 2. The Kier molecular flexibility index (Phi) is 4.78. The lowest BCUT2D eigenvalue weighted by Gasteiger charge is -2.18. The molecule has 0 heterocycles. The van der Waals surface area contributed by atoms with Gasteiger partial charge in [0.1, 0.15) is 6.04 Å². The molecule has 1 unspecified atom stereocenters. The van der Waals surface area contributed by atoms with E-state index >= 15 is 0 Å². The fourth-order valence-corrected chi connectivity index (χ4v) is 2.14. The summed E-state index contributed by atoms with van der Waals surface area (Å²) in [7, 11) is 0. The summed E-state index contributed by atoms with van der Waals surface area (Å²) in [6, 6.07) is 13.5. The van der Waals surface area contributed by atoms with Crippen LogP contribution in [0.15, 0.2) is 48.5 Å². The van der Waals surface area contributed by atoms with Crippen molar-refractivity contribution < 1.29 is 14.7 Å². The molecule has 3 N–H and O–H groups in total. The molecule has 0 saturated carbocycles. The molecule has 5 nitrogen and oxygen atoms in total. The number of carbonyl (C=O) groups is 2. The number of nitrogens with one attached hydrogen (secondary N) is 2. The standard InChI is InChI=1S/C17H18N2O3/c1-11-8-9-12(2)14(10-11)18-16(20)15(19-17(21)22)13-6-4-3-5-7-13/h3-10,15,19H,1-2H3,(H,18,20)(H,21,22). The zero-order valence-electron chi connectivity index (χ0n) is 12.5. The van der Waals surface area contributed by atoms with Gasteiger partial charge in [0.2, 0.25) is 0 Å². The molecule has 0 aliphatic rings. The predicted octanol–water partition coefficient (Wildman–Crippen LogP) is 3.25. The SMILES string of the molecule is Cc1ccc(C)c(NC(=O)C(NC(=O)O)c2ccccc2)c1. The molecule has 5 heteroatoms. The molecule has 2 amide bonds. The van der Waals surface area contributed by atoms with Gasteiger partial charge >= 0.3 is 6.09 Å². The van der Waals surface area contributed by atoms with Crippen LogP contribution in [0, 0.1) is 13.8 Å². The first-order valence-electron chi connectivity index (χ1n) is 6.90. The molecule has 22 heavy (non-hydrogen) atoms. The monoisotopic (exact) mass is 298 g/mol. The van der Waals surface area contributed by atoms with Crippen LogP contribution in [0.3, 0.4) is 0 Å². The van der Waals surface area contributed by atoms with Crippen molar-refractivity contribution in [3.8, 4) is 0 Å². The van der Waals surface area contributed by atoms with Gasteiger partial charge in [0.15, 0.2) is 0 Å². The van der Waals surface area contributed by atoms with Gasteiger partial charge in [-0.25, -0.2) is 4.79 Å². The van der Waals surface area contributed by atoms with Gasteiger partial charge in [0.25, 0.3) is 5.91 Å². The molecular formula is C17H18N2O3. The van der Waals surface area contributed by atoms with E-state index in [9.17, 15) is 9.59 Å². The highest BCUT2D eigenvalue weighted by atomic mass is 16.4. The second-order valence-electron chi connectivity index (χ2n) is 5.10. The van der Waals surface area contributed by atoms with E-state index in [1.807, 2.05) is 38.1 Å². The third kappa shape index (κ3) is 3.85. The lowest BCUT2D eigenvalue weighted by molar-refractivity contribution is -0.118.